The monoisotopic (exact) mass is 392 g/mol. The Hall–Kier alpha value is -2.79. The summed E-state index contributed by atoms with van der Waals surface area (Å²) in [6.45, 7) is 0.904. The van der Waals surface area contributed by atoms with Gasteiger partial charge in [0.1, 0.15) is 11.4 Å². The van der Waals surface area contributed by atoms with E-state index < -0.39 is 0 Å². The van der Waals surface area contributed by atoms with Crippen LogP contribution in [-0.4, -0.2) is 21.2 Å². The second-order valence-corrected chi connectivity index (χ2v) is 7.75. The van der Waals surface area contributed by atoms with Crippen molar-refractivity contribution in [1.29, 1.82) is 0 Å². The predicted octanol–water partition coefficient (Wildman–Crippen LogP) is 3.14. The number of nitrogens with one attached hydrogen (secondary N) is 1. The average Bonchev–Trinajstić information content (AvgIpc) is 2.90. The third-order valence-electron chi connectivity index (χ3n) is 5.55. The molecule has 0 radical (unpaired) electrons. The second-order valence-electron chi connectivity index (χ2n) is 7.32. The van der Waals surface area contributed by atoms with Gasteiger partial charge in [-0.1, -0.05) is 48.4 Å². The molecule has 1 N–H and O–H groups in total. The molecule has 0 amide bonds. The van der Waals surface area contributed by atoms with Crippen LogP contribution in [0.5, 0.6) is 0 Å². The van der Waals surface area contributed by atoms with Gasteiger partial charge in [0.25, 0.3) is 5.56 Å². The first-order valence-electron chi connectivity index (χ1n) is 9.72. The Balaban J connectivity index is 1.75. The van der Waals surface area contributed by atoms with Gasteiger partial charge in [-0.05, 0) is 49.1 Å². The van der Waals surface area contributed by atoms with E-state index in [1.807, 2.05) is 54.6 Å². The van der Waals surface area contributed by atoms with Gasteiger partial charge in [-0.2, -0.15) is 0 Å². The summed E-state index contributed by atoms with van der Waals surface area (Å²) in [6, 6.07) is 17.5. The fraction of sp³-hybridized carbons (Fsp3) is 0.273. The van der Waals surface area contributed by atoms with Crippen LogP contribution in [0.4, 0.5) is 0 Å². The summed E-state index contributed by atoms with van der Waals surface area (Å²) in [5.41, 5.74) is 3.66. The van der Waals surface area contributed by atoms with E-state index in [1.165, 1.54) is 6.42 Å². The standard InChI is InChI=1S/C22H21ClN4O/c23-16-12-10-15(11-13-16)21-24-20-19(18-9-5-2-6-14-26(18)21)22(28)27(25-20)17-7-3-1-4-8-17/h1,3-4,7-8,10-13,21H,2,5-6,9,14H2,(H,24,25). The van der Waals surface area contributed by atoms with Crippen LogP contribution in [0.15, 0.2) is 64.4 Å². The van der Waals surface area contributed by atoms with E-state index in [1.54, 1.807) is 4.68 Å². The number of para-hydroxylation sites is 1. The van der Waals surface area contributed by atoms with Gasteiger partial charge in [0.15, 0.2) is 5.49 Å². The Morgan fingerprint density at radius 1 is 1.00 bits per heavy atom. The van der Waals surface area contributed by atoms with Crippen LogP contribution in [0.25, 0.3) is 11.4 Å². The molecule has 1 saturated heterocycles. The quantitative estimate of drug-likeness (QED) is 0.728. The summed E-state index contributed by atoms with van der Waals surface area (Å²) < 4.78 is 1.61. The van der Waals surface area contributed by atoms with Crippen molar-refractivity contribution in [3.8, 4) is 5.69 Å². The smallest absolute Gasteiger partial charge is 0.282 e. The van der Waals surface area contributed by atoms with Gasteiger partial charge in [0.05, 0.1) is 5.69 Å². The summed E-state index contributed by atoms with van der Waals surface area (Å²) in [5.74, 6) is 0. The van der Waals surface area contributed by atoms with E-state index in [2.05, 4.69) is 10.00 Å². The molecule has 5 nitrogen and oxygen atoms in total. The van der Waals surface area contributed by atoms with Crippen LogP contribution in [-0.2, 0) is 0 Å². The molecular weight excluding hydrogens is 372 g/mol. The summed E-state index contributed by atoms with van der Waals surface area (Å²) in [7, 11) is 0. The van der Waals surface area contributed by atoms with Crippen LogP contribution in [0.3, 0.4) is 0 Å². The Morgan fingerprint density at radius 2 is 1.79 bits per heavy atom. The molecule has 2 aromatic carbocycles. The summed E-state index contributed by atoms with van der Waals surface area (Å²) >= 11 is 6.09. The lowest BCUT2D eigenvalue weighted by molar-refractivity contribution is 0.289. The van der Waals surface area contributed by atoms with Gasteiger partial charge >= 0.3 is 0 Å². The number of aromatic nitrogens is 2. The Bertz CT molecular complexity index is 1180. The van der Waals surface area contributed by atoms with Crippen LogP contribution >= 0.6 is 11.6 Å². The van der Waals surface area contributed by atoms with Crippen LogP contribution in [0.2, 0.25) is 5.02 Å². The minimum absolute atomic E-state index is 0.0265. The van der Waals surface area contributed by atoms with E-state index in [0.29, 0.717) is 10.5 Å². The van der Waals surface area contributed by atoms with Crippen molar-refractivity contribution in [3.05, 3.63) is 86.2 Å². The van der Waals surface area contributed by atoms with Gasteiger partial charge < -0.3 is 4.90 Å². The summed E-state index contributed by atoms with van der Waals surface area (Å²) in [6.07, 6.45) is 4.12. The highest BCUT2D eigenvalue weighted by atomic mass is 35.5. The fourth-order valence-corrected chi connectivity index (χ4v) is 4.31. The topological polar surface area (TPSA) is 53.4 Å². The van der Waals surface area contributed by atoms with E-state index in [4.69, 9.17) is 16.6 Å². The third kappa shape index (κ3) is 2.87. The molecule has 1 atom stereocenters. The van der Waals surface area contributed by atoms with Crippen molar-refractivity contribution in [2.24, 2.45) is 4.99 Å². The zero-order chi connectivity index (χ0) is 19.1. The third-order valence-corrected chi connectivity index (χ3v) is 5.80. The lowest BCUT2D eigenvalue weighted by Crippen LogP contribution is -2.46. The first-order valence-corrected chi connectivity index (χ1v) is 10.1. The number of aromatic amines is 1. The van der Waals surface area contributed by atoms with Gasteiger partial charge in [-0.15, -0.1) is 0 Å². The number of halogens is 1. The van der Waals surface area contributed by atoms with Gasteiger partial charge in [0, 0.05) is 17.3 Å². The normalized spacial score (nSPS) is 18.8. The molecule has 28 heavy (non-hydrogen) atoms. The SMILES string of the molecule is O=c1c2c([nH]n1-c1ccccc1)=NC(c1ccc(Cl)cc1)N1CCCCCC=21. The Kier molecular flexibility index (Phi) is 4.32. The molecule has 0 aliphatic carbocycles. The van der Waals surface area contributed by atoms with Crippen molar-refractivity contribution in [3.63, 3.8) is 0 Å². The van der Waals surface area contributed by atoms with Gasteiger partial charge in [0.2, 0.25) is 0 Å². The molecule has 2 aliphatic heterocycles. The first-order chi connectivity index (χ1) is 13.7. The number of rotatable bonds is 2. The van der Waals surface area contributed by atoms with Crippen LogP contribution < -0.4 is 16.3 Å². The predicted molar refractivity (Wildman–Crippen MR) is 110 cm³/mol. The van der Waals surface area contributed by atoms with Crippen LogP contribution in [0.1, 0.15) is 37.4 Å². The minimum Gasteiger partial charge on any atom is -0.349 e. The van der Waals surface area contributed by atoms with Crippen molar-refractivity contribution >= 4 is 17.3 Å². The number of hydrogen-bond acceptors (Lipinski definition) is 3. The first kappa shape index (κ1) is 17.3. The lowest BCUT2D eigenvalue weighted by atomic mass is 10.1. The number of fused-ring (bicyclic) bond motifs is 2. The van der Waals surface area contributed by atoms with Crippen molar-refractivity contribution < 1.29 is 0 Å². The van der Waals surface area contributed by atoms with Crippen molar-refractivity contribution in [2.45, 2.75) is 31.8 Å². The van der Waals surface area contributed by atoms with Crippen molar-refractivity contribution in [1.82, 2.24) is 14.7 Å². The molecule has 3 aromatic rings. The molecule has 3 heterocycles. The van der Waals surface area contributed by atoms with E-state index >= 15 is 0 Å². The van der Waals surface area contributed by atoms with E-state index in [9.17, 15) is 4.79 Å². The van der Waals surface area contributed by atoms with Crippen molar-refractivity contribution in [2.75, 3.05) is 6.54 Å². The number of hydrogen-bond donors (Lipinski definition) is 1. The molecule has 1 aromatic heterocycles. The molecule has 1 fully saturated rings. The van der Waals surface area contributed by atoms with Crippen LogP contribution in [0, 0.1) is 0 Å². The second kappa shape index (κ2) is 6.99. The lowest BCUT2D eigenvalue weighted by Gasteiger charge is -2.33. The molecule has 0 spiro atoms. The molecule has 142 valence electrons. The number of H-pyrrole nitrogens is 1. The Morgan fingerprint density at radius 3 is 2.57 bits per heavy atom. The largest absolute Gasteiger partial charge is 0.349 e. The van der Waals surface area contributed by atoms with Gasteiger partial charge in [-0.3, -0.25) is 9.89 Å². The molecule has 1 unspecified atom stereocenters. The van der Waals surface area contributed by atoms with Gasteiger partial charge in [-0.25, -0.2) is 9.67 Å². The molecule has 0 saturated carbocycles. The average molecular weight is 393 g/mol. The highest BCUT2D eigenvalue weighted by Crippen LogP contribution is 2.32. The highest BCUT2D eigenvalue weighted by molar-refractivity contribution is 6.30. The fourth-order valence-electron chi connectivity index (χ4n) is 4.19. The Labute approximate surface area is 167 Å². The number of benzene rings is 2. The maximum absolute atomic E-state index is 13.3. The zero-order valence-electron chi connectivity index (χ0n) is 15.4. The summed E-state index contributed by atoms with van der Waals surface area (Å²) in [4.78, 5) is 20.5. The molecular formula is C22H21ClN4O. The molecule has 5 rings (SSSR count). The van der Waals surface area contributed by atoms with E-state index in [-0.39, 0.29) is 11.7 Å². The maximum atomic E-state index is 13.3. The molecule has 6 heteroatoms. The molecule has 2 aliphatic rings. The number of nitrogens with zero attached hydrogens (tertiary/aromatic N) is 3. The van der Waals surface area contributed by atoms with E-state index in [0.717, 1.165) is 48.0 Å². The molecule has 0 bridgehead atoms. The highest BCUT2D eigenvalue weighted by Gasteiger charge is 2.29. The maximum Gasteiger partial charge on any atom is 0.282 e. The minimum atomic E-state index is -0.139. The zero-order valence-corrected chi connectivity index (χ0v) is 16.2. The summed E-state index contributed by atoms with van der Waals surface area (Å²) in [5, 5.41) is 4.68.